The van der Waals surface area contributed by atoms with Crippen LogP contribution in [0.1, 0.15) is 21.8 Å². The third kappa shape index (κ3) is 3.29. The monoisotopic (exact) mass is 421 g/mol. The maximum absolute atomic E-state index is 12.3. The Labute approximate surface area is 138 Å². The predicted octanol–water partition coefficient (Wildman–Crippen LogP) is 5.15. The van der Waals surface area contributed by atoms with Crippen LogP contribution in [-0.4, -0.2) is 5.78 Å². The quantitative estimate of drug-likeness (QED) is 0.507. The highest BCUT2D eigenvalue weighted by Gasteiger charge is 2.23. The fourth-order valence-corrected chi connectivity index (χ4v) is 3.22. The summed E-state index contributed by atoms with van der Waals surface area (Å²) in [5.74, 6) is -1.08. The molecule has 1 atom stereocenters. The SMILES string of the molecule is N#CC(C(=O)c1csc(I)c1)c1ccc(Cl)c(Cl)c1. The van der Waals surface area contributed by atoms with E-state index in [0.717, 1.165) is 2.88 Å². The summed E-state index contributed by atoms with van der Waals surface area (Å²) in [5, 5.41) is 11.7. The molecule has 6 heteroatoms. The van der Waals surface area contributed by atoms with Gasteiger partial charge >= 0.3 is 0 Å². The maximum Gasteiger partial charge on any atom is 0.185 e. The van der Waals surface area contributed by atoms with Gasteiger partial charge in [-0.3, -0.25) is 4.79 Å². The third-order valence-corrected chi connectivity index (χ3v) is 5.05. The van der Waals surface area contributed by atoms with Crippen LogP contribution in [0.15, 0.2) is 29.6 Å². The van der Waals surface area contributed by atoms with Crippen molar-refractivity contribution in [2.75, 3.05) is 0 Å². The van der Waals surface area contributed by atoms with E-state index in [1.54, 1.807) is 29.6 Å². The minimum Gasteiger partial charge on any atom is -0.292 e. The molecule has 0 radical (unpaired) electrons. The van der Waals surface area contributed by atoms with Gasteiger partial charge in [-0.2, -0.15) is 5.26 Å². The molecular weight excluding hydrogens is 416 g/mol. The summed E-state index contributed by atoms with van der Waals surface area (Å²) >= 11 is 15.4. The summed E-state index contributed by atoms with van der Waals surface area (Å²) in [5.41, 5.74) is 1.11. The first-order chi connectivity index (χ1) is 9.02. The van der Waals surface area contributed by atoms with Gasteiger partial charge in [0, 0.05) is 10.9 Å². The number of hydrogen-bond acceptors (Lipinski definition) is 3. The van der Waals surface area contributed by atoms with E-state index in [1.807, 2.05) is 6.07 Å². The minimum atomic E-state index is -0.861. The Morgan fingerprint density at radius 2 is 2.05 bits per heavy atom. The summed E-state index contributed by atoms with van der Waals surface area (Å²) in [6.07, 6.45) is 0. The van der Waals surface area contributed by atoms with Crippen molar-refractivity contribution < 1.29 is 4.79 Å². The van der Waals surface area contributed by atoms with Crippen LogP contribution in [0.2, 0.25) is 10.0 Å². The summed E-state index contributed by atoms with van der Waals surface area (Å²) in [6.45, 7) is 0. The average Bonchev–Trinajstić information content (AvgIpc) is 2.81. The second-order valence-electron chi connectivity index (χ2n) is 3.74. The number of benzene rings is 1. The summed E-state index contributed by atoms with van der Waals surface area (Å²) in [4.78, 5) is 12.3. The van der Waals surface area contributed by atoms with Crippen molar-refractivity contribution in [3.8, 4) is 6.07 Å². The van der Waals surface area contributed by atoms with E-state index in [1.165, 1.54) is 11.3 Å². The number of halogens is 3. The molecule has 2 rings (SSSR count). The van der Waals surface area contributed by atoms with Gasteiger partial charge in [0.05, 0.1) is 19.0 Å². The Morgan fingerprint density at radius 1 is 1.32 bits per heavy atom. The second kappa shape index (κ2) is 6.23. The second-order valence-corrected chi connectivity index (χ2v) is 7.36. The van der Waals surface area contributed by atoms with Gasteiger partial charge in [-0.1, -0.05) is 29.3 Å². The molecule has 1 aromatic carbocycles. The van der Waals surface area contributed by atoms with Gasteiger partial charge in [0.15, 0.2) is 5.78 Å². The fourth-order valence-electron chi connectivity index (χ4n) is 1.58. The van der Waals surface area contributed by atoms with Crippen LogP contribution in [0.3, 0.4) is 0 Å². The first kappa shape index (κ1) is 14.8. The molecule has 1 unspecified atom stereocenters. The van der Waals surface area contributed by atoms with Crippen LogP contribution in [-0.2, 0) is 0 Å². The van der Waals surface area contributed by atoms with Crippen LogP contribution >= 0.6 is 57.1 Å². The molecule has 0 saturated carbocycles. The number of nitriles is 1. The largest absolute Gasteiger partial charge is 0.292 e. The van der Waals surface area contributed by atoms with Gasteiger partial charge in [0.2, 0.25) is 0 Å². The van der Waals surface area contributed by atoms with Gasteiger partial charge in [-0.25, -0.2) is 0 Å². The molecule has 0 fully saturated rings. The lowest BCUT2D eigenvalue weighted by Crippen LogP contribution is -2.10. The molecule has 0 bridgehead atoms. The molecule has 0 spiro atoms. The number of thiophene rings is 1. The van der Waals surface area contributed by atoms with Crippen molar-refractivity contribution in [1.29, 1.82) is 5.26 Å². The zero-order valence-electron chi connectivity index (χ0n) is 9.36. The molecule has 0 aliphatic carbocycles. The first-order valence-corrected chi connectivity index (χ1v) is 7.87. The highest BCUT2D eigenvalue weighted by atomic mass is 127. The van der Waals surface area contributed by atoms with Crippen molar-refractivity contribution in [1.82, 2.24) is 0 Å². The zero-order chi connectivity index (χ0) is 14.0. The number of rotatable bonds is 3. The van der Waals surface area contributed by atoms with Crippen molar-refractivity contribution in [3.63, 3.8) is 0 Å². The number of Topliss-reactive ketones (excluding diaryl/α,β-unsaturated/α-hetero) is 1. The lowest BCUT2D eigenvalue weighted by atomic mass is 9.93. The van der Waals surface area contributed by atoms with Crippen molar-refractivity contribution in [2.45, 2.75) is 5.92 Å². The van der Waals surface area contributed by atoms with Gasteiger partial charge in [0.25, 0.3) is 0 Å². The lowest BCUT2D eigenvalue weighted by molar-refractivity contribution is 0.0979. The standard InChI is InChI=1S/C13H6Cl2INOS/c14-10-2-1-7(3-11(10)15)9(5-17)13(18)8-4-12(16)19-6-8/h1-4,6,9H. The van der Waals surface area contributed by atoms with E-state index >= 15 is 0 Å². The highest BCUT2D eigenvalue weighted by Crippen LogP contribution is 2.29. The molecule has 0 saturated heterocycles. The topological polar surface area (TPSA) is 40.9 Å². The molecule has 0 aliphatic rings. The van der Waals surface area contributed by atoms with E-state index in [0.29, 0.717) is 21.2 Å². The van der Waals surface area contributed by atoms with Crippen molar-refractivity contribution in [2.24, 2.45) is 0 Å². The Morgan fingerprint density at radius 3 is 2.58 bits per heavy atom. The fraction of sp³-hybridized carbons (Fsp3) is 0.0769. The van der Waals surface area contributed by atoms with Crippen LogP contribution in [0.25, 0.3) is 0 Å². The van der Waals surface area contributed by atoms with Crippen molar-refractivity contribution in [3.05, 3.63) is 53.7 Å². The Balaban J connectivity index is 2.37. The summed E-state index contributed by atoms with van der Waals surface area (Å²) in [7, 11) is 0. The first-order valence-electron chi connectivity index (χ1n) is 5.15. The number of ketones is 1. The van der Waals surface area contributed by atoms with Gasteiger partial charge in [-0.05, 0) is 46.4 Å². The summed E-state index contributed by atoms with van der Waals surface area (Å²) in [6, 6.07) is 8.60. The summed E-state index contributed by atoms with van der Waals surface area (Å²) < 4.78 is 1.01. The lowest BCUT2D eigenvalue weighted by Gasteiger charge is -2.08. The average molecular weight is 422 g/mol. The number of nitrogens with zero attached hydrogens (tertiary/aromatic N) is 1. The third-order valence-electron chi connectivity index (χ3n) is 2.52. The maximum atomic E-state index is 12.3. The predicted molar refractivity (Wildman–Crippen MR) is 86.2 cm³/mol. The molecule has 2 nitrogen and oxygen atoms in total. The smallest absolute Gasteiger partial charge is 0.185 e. The molecule has 0 aliphatic heterocycles. The molecule has 1 aromatic heterocycles. The normalized spacial score (nSPS) is 11.9. The molecule has 19 heavy (non-hydrogen) atoms. The van der Waals surface area contributed by atoms with E-state index < -0.39 is 5.92 Å². The number of hydrogen-bond donors (Lipinski definition) is 0. The number of carbonyl (C=O) groups excluding carboxylic acids is 1. The molecule has 96 valence electrons. The van der Waals surface area contributed by atoms with Gasteiger partial charge < -0.3 is 0 Å². The Bertz CT molecular complexity index is 678. The van der Waals surface area contributed by atoms with Crippen LogP contribution in [0.5, 0.6) is 0 Å². The van der Waals surface area contributed by atoms with E-state index in [9.17, 15) is 10.1 Å². The molecule has 0 N–H and O–H groups in total. The van der Waals surface area contributed by atoms with Gasteiger partial charge in [0.1, 0.15) is 5.92 Å². The highest BCUT2D eigenvalue weighted by molar-refractivity contribution is 14.1. The van der Waals surface area contributed by atoms with E-state index in [-0.39, 0.29) is 5.78 Å². The zero-order valence-corrected chi connectivity index (χ0v) is 13.8. The Kier molecular flexibility index (Phi) is 4.85. The van der Waals surface area contributed by atoms with Gasteiger partial charge in [-0.15, -0.1) is 11.3 Å². The number of carbonyl (C=O) groups is 1. The van der Waals surface area contributed by atoms with Crippen LogP contribution < -0.4 is 0 Å². The molecule has 2 aromatic rings. The molecule has 1 heterocycles. The van der Waals surface area contributed by atoms with Crippen molar-refractivity contribution >= 4 is 62.9 Å². The van der Waals surface area contributed by atoms with Crippen LogP contribution in [0, 0.1) is 14.2 Å². The van der Waals surface area contributed by atoms with E-state index in [2.05, 4.69) is 22.6 Å². The Hall–Kier alpha value is -0.610. The minimum absolute atomic E-state index is 0.222. The molecule has 0 amide bonds. The van der Waals surface area contributed by atoms with Crippen LogP contribution in [0.4, 0.5) is 0 Å². The van der Waals surface area contributed by atoms with E-state index in [4.69, 9.17) is 23.2 Å². The molecular formula is C13H6Cl2INOS.